The number of carbonyl (C=O) groups excluding carboxylic acids is 1. The first-order valence-corrected chi connectivity index (χ1v) is 6.57. The van der Waals surface area contributed by atoms with E-state index in [4.69, 9.17) is 17.3 Å². The van der Waals surface area contributed by atoms with E-state index in [0.29, 0.717) is 37.5 Å². The first kappa shape index (κ1) is 15.5. The van der Waals surface area contributed by atoms with Crippen LogP contribution in [-0.2, 0) is 11.3 Å². The molecule has 0 saturated heterocycles. The minimum atomic E-state index is -0.349. The van der Waals surface area contributed by atoms with Gasteiger partial charge >= 0.3 is 0 Å². The molecular weight excluding hydrogens is 268 g/mol. The third kappa shape index (κ3) is 4.90. The fraction of sp³-hybridized carbons (Fsp3) is 0.583. The molecule has 0 atom stereocenters. The van der Waals surface area contributed by atoms with Crippen molar-refractivity contribution in [3.05, 3.63) is 21.6 Å². The molecule has 0 fully saturated rings. The minimum Gasteiger partial charge on any atom is -0.382 e. The molecule has 1 amide bonds. The summed E-state index contributed by atoms with van der Waals surface area (Å²) in [6.07, 6.45) is 2.40. The van der Waals surface area contributed by atoms with Gasteiger partial charge in [-0.25, -0.2) is 4.68 Å². The van der Waals surface area contributed by atoms with Crippen LogP contribution in [0.3, 0.4) is 0 Å². The maximum atomic E-state index is 11.9. The second kappa shape index (κ2) is 7.13. The van der Waals surface area contributed by atoms with Gasteiger partial charge in [0.25, 0.3) is 5.56 Å². The zero-order valence-electron chi connectivity index (χ0n) is 11.1. The smallest absolute Gasteiger partial charge is 0.287 e. The quantitative estimate of drug-likeness (QED) is 0.738. The summed E-state index contributed by atoms with van der Waals surface area (Å²) in [6, 6.07) is 0. The lowest BCUT2D eigenvalue weighted by atomic mass is 10.2. The third-order valence-electron chi connectivity index (χ3n) is 2.44. The molecule has 19 heavy (non-hydrogen) atoms. The van der Waals surface area contributed by atoms with Gasteiger partial charge in [-0.1, -0.05) is 25.4 Å². The van der Waals surface area contributed by atoms with Crippen LogP contribution in [0.15, 0.2) is 11.0 Å². The first-order valence-electron chi connectivity index (χ1n) is 6.19. The van der Waals surface area contributed by atoms with Gasteiger partial charge in [0.15, 0.2) is 0 Å². The highest BCUT2D eigenvalue weighted by Crippen LogP contribution is 2.15. The van der Waals surface area contributed by atoms with E-state index >= 15 is 0 Å². The van der Waals surface area contributed by atoms with Crippen molar-refractivity contribution in [1.82, 2.24) is 9.78 Å². The van der Waals surface area contributed by atoms with Gasteiger partial charge in [0.05, 0.1) is 11.9 Å². The van der Waals surface area contributed by atoms with Crippen molar-refractivity contribution >= 4 is 23.2 Å². The van der Waals surface area contributed by atoms with Crippen LogP contribution >= 0.6 is 11.6 Å². The number of hydrogen-bond donors (Lipinski definition) is 2. The topological polar surface area (TPSA) is 90.0 Å². The molecule has 0 aliphatic heterocycles. The molecular formula is C12H19ClN4O2. The van der Waals surface area contributed by atoms with E-state index in [2.05, 4.69) is 10.4 Å². The Labute approximate surface area is 116 Å². The van der Waals surface area contributed by atoms with Crippen LogP contribution in [0, 0.1) is 5.92 Å². The van der Waals surface area contributed by atoms with Gasteiger partial charge in [-0.2, -0.15) is 5.10 Å². The molecule has 3 N–H and O–H groups in total. The van der Waals surface area contributed by atoms with Crippen LogP contribution in [0.2, 0.25) is 5.02 Å². The molecule has 106 valence electrons. The summed E-state index contributed by atoms with van der Waals surface area (Å²) < 4.78 is 1.35. The van der Waals surface area contributed by atoms with Crippen LogP contribution < -0.4 is 16.6 Å². The Morgan fingerprint density at radius 3 is 2.84 bits per heavy atom. The predicted molar refractivity (Wildman–Crippen MR) is 75.3 cm³/mol. The van der Waals surface area contributed by atoms with Gasteiger partial charge < -0.3 is 11.1 Å². The van der Waals surface area contributed by atoms with Crippen LogP contribution in [-0.4, -0.2) is 22.2 Å². The van der Waals surface area contributed by atoms with Crippen molar-refractivity contribution in [1.29, 1.82) is 0 Å². The Kier molecular flexibility index (Phi) is 5.82. The monoisotopic (exact) mass is 286 g/mol. The summed E-state index contributed by atoms with van der Waals surface area (Å²) in [6.45, 7) is 5.04. The van der Waals surface area contributed by atoms with Gasteiger partial charge in [-0.15, -0.1) is 0 Å². The van der Waals surface area contributed by atoms with Crippen LogP contribution in [0.25, 0.3) is 0 Å². The summed E-state index contributed by atoms with van der Waals surface area (Å²) in [5, 5.41) is 7.15. The van der Waals surface area contributed by atoms with Gasteiger partial charge in [0.1, 0.15) is 5.02 Å². The molecule has 0 aliphatic rings. The number of halogens is 1. The number of anilines is 1. The summed E-state index contributed by atoms with van der Waals surface area (Å²) in [7, 11) is 0. The maximum absolute atomic E-state index is 11.9. The Balaban J connectivity index is 2.68. The Bertz CT molecular complexity index is 499. The highest BCUT2D eigenvalue weighted by Gasteiger charge is 2.09. The van der Waals surface area contributed by atoms with Crippen molar-refractivity contribution in [2.75, 3.05) is 11.9 Å². The average Bonchev–Trinajstić information content (AvgIpc) is 2.32. The molecule has 1 heterocycles. The molecule has 7 heteroatoms. The highest BCUT2D eigenvalue weighted by molar-refractivity contribution is 6.32. The summed E-state index contributed by atoms with van der Waals surface area (Å²) >= 11 is 6.00. The number of nitrogens with zero attached hydrogens (tertiary/aromatic N) is 2. The maximum Gasteiger partial charge on any atom is 0.287 e. The summed E-state index contributed by atoms with van der Waals surface area (Å²) in [4.78, 5) is 22.5. The second-order valence-corrected chi connectivity index (χ2v) is 5.13. The number of hydrogen-bond acceptors (Lipinski definition) is 4. The lowest BCUT2D eigenvalue weighted by molar-refractivity contribution is -0.118. The molecule has 6 nitrogen and oxygen atoms in total. The van der Waals surface area contributed by atoms with Gasteiger partial charge in [0.2, 0.25) is 5.91 Å². The number of primary amides is 1. The summed E-state index contributed by atoms with van der Waals surface area (Å²) in [5.41, 5.74) is 5.21. The van der Waals surface area contributed by atoms with Gasteiger partial charge in [0, 0.05) is 19.5 Å². The minimum absolute atomic E-state index is 0.120. The van der Waals surface area contributed by atoms with E-state index in [1.54, 1.807) is 0 Å². The van der Waals surface area contributed by atoms with Crippen molar-refractivity contribution < 1.29 is 4.79 Å². The molecule has 1 aromatic heterocycles. The molecule has 0 bridgehead atoms. The SMILES string of the molecule is CC(C)Cn1ncc(NCCCC(N)=O)c(Cl)c1=O. The number of carbonyl (C=O) groups is 1. The number of nitrogens with two attached hydrogens (primary N) is 1. The fourth-order valence-corrected chi connectivity index (χ4v) is 1.76. The number of aromatic nitrogens is 2. The standard InChI is InChI=1S/C12H19ClN4O2/c1-8(2)7-17-12(19)11(13)9(6-16-17)15-5-3-4-10(14)18/h6,8,15H,3-5,7H2,1-2H3,(H2,14,18). The third-order valence-corrected chi connectivity index (χ3v) is 2.80. The van der Waals surface area contributed by atoms with Crippen molar-refractivity contribution in [2.45, 2.75) is 33.2 Å². The predicted octanol–water partition coefficient (Wildman–Crippen LogP) is 1.23. The molecule has 0 unspecified atom stereocenters. The first-order chi connectivity index (χ1) is 8.91. The molecule has 0 aliphatic carbocycles. The average molecular weight is 287 g/mol. The number of nitrogens with one attached hydrogen (secondary N) is 1. The van der Waals surface area contributed by atoms with E-state index in [1.165, 1.54) is 10.9 Å². The molecule has 0 radical (unpaired) electrons. The zero-order chi connectivity index (χ0) is 14.4. The largest absolute Gasteiger partial charge is 0.382 e. The Morgan fingerprint density at radius 2 is 2.26 bits per heavy atom. The van der Waals surface area contributed by atoms with E-state index < -0.39 is 0 Å². The molecule has 0 aromatic carbocycles. The van der Waals surface area contributed by atoms with Crippen molar-refractivity contribution in [3.8, 4) is 0 Å². The number of rotatable bonds is 7. The van der Waals surface area contributed by atoms with Gasteiger partial charge in [-0.3, -0.25) is 9.59 Å². The Morgan fingerprint density at radius 1 is 1.58 bits per heavy atom. The second-order valence-electron chi connectivity index (χ2n) is 4.75. The summed E-state index contributed by atoms with van der Waals surface area (Å²) in [5.74, 6) is -0.0333. The molecule has 1 rings (SSSR count). The lowest BCUT2D eigenvalue weighted by Gasteiger charge is -2.11. The van der Waals surface area contributed by atoms with E-state index in [1.807, 2.05) is 13.8 Å². The van der Waals surface area contributed by atoms with Crippen LogP contribution in [0.1, 0.15) is 26.7 Å². The van der Waals surface area contributed by atoms with E-state index in [0.717, 1.165) is 0 Å². The molecule has 0 spiro atoms. The fourth-order valence-electron chi connectivity index (χ4n) is 1.55. The van der Waals surface area contributed by atoms with Crippen molar-refractivity contribution in [2.24, 2.45) is 11.7 Å². The van der Waals surface area contributed by atoms with Crippen LogP contribution in [0.4, 0.5) is 5.69 Å². The zero-order valence-corrected chi connectivity index (χ0v) is 11.9. The van der Waals surface area contributed by atoms with E-state index in [9.17, 15) is 9.59 Å². The normalized spacial score (nSPS) is 10.7. The molecule has 1 aromatic rings. The van der Waals surface area contributed by atoms with Crippen molar-refractivity contribution in [3.63, 3.8) is 0 Å². The number of amides is 1. The van der Waals surface area contributed by atoms with E-state index in [-0.39, 0.29) is 16.5 Å². The van der Waals surface area contributed by atoms with Crippen LogP contribution in [0.5, 0.6) is 0 Å². The molecule has 0 saturated carbocycles. The Hall–Kier alpha value is -1.56. The lowest BCUT2D eigenvalue weighted by Crippen LogP contribution is -2.26. The highest BCUT2D eigenvalue weighted by atomic mass is 35.5. The van der Waals surface area contributed by atoms with Gasteiger partial charge in [-0.05, 0) is 12.3 Å².